The normalized spacial score (nSPS) is 30.8. The minimum atomic E-state index is -0.0749. The second kappa shape index (κ2) is 5.94. The van der Waals surface area contributed by atoms with Crippen molar-refractivity contribution in [2.75, 3.05) is 31.6 Å². The second-order valence-corrected chi connectivity index (χ2v) is 8.45. The molecule has 2 N–H and O–H groups in total. The predicted molar refractivity (Wildman–Crippen MR) is 99.8 cm³/mol. The van der Waals surface area contributed by atoms with Crippen molar-refractivity contribution in [1.82, 2.24) is 19.9 Å². The van der Waals surface area contributed by atoms with E-state index in [1.54, 1.807) is 6.33 Å². The molecule has 7 nitrogen and oxygen atoms in total. The van der Waals surface area contributed by atoms with Crippen LogP contribution in [0, 0.1) is 10.8 Å². The fourth-order valence-electron chi connectivity index (χ4n) is 5.03. The molecule has 1 amide bonds. The Bertz CT molecular complexity index is 816. The number of amides is 1. The van der Waals surface area contributed by atoms with Crippen molar-refractivity contribution in [1.29, 1.82) is 0 Å². The van der Waals surface area contributed by atoms with Crippen molar-refractivity contribution in [3.8, 4) is 0 Å². The highest BCUT2D eigenvalue weighted by molar-refractivity contribution is 5.87. The molecule has 2 fully saturated rings. The Labute approximate surface area is 153 Å². The molecule has 3 atom stereocenters. The van der Waals surface area contributed by atoms with E-state index < -0.39 is 0 Å². The van der Waals surface area contributed by atoms with Gasteiger partial charge >= 0.3 is 0 Å². The molecule has 0 spiro atoms. The molecule has 0 radical (unpaired) electrons. The van der Waals surface area contributed by atoms with Gasteiger partial charge in [-0.05, 0) is 29.7 Å². The number of anilines is 1. The number of aromatic amines is 1. The number of nitrogens with zero attached hydrogens (tertiary/aromatic N) is 4. The summed E-state index contributed by atoms with van der Waals surface area (Å²) in [6.07, 6.45) is 5.78. The highest BCUT2D eigenvalue weighted by Gasteiger charge is 2.59. The van der Waals surface area contributed by atoms with Gasteiger partial charge in [0.15, 0.2) is 0 Å². The number of likely N-dealkylation sites (tertiary alicyclic amines) is 1. The van der Waals surface area contributed by atoms with E-state index in [9.17, 15) is 4.79 Å². The zero-order chi connectivity index (χ0) is 18.5. The maximum atomic E-state index is 12.2. The molecule has 140 valence electrons. The molecule has 4 rings (SSSR count). The molecule has 1 aliphatic carbocycles. The quantitative estimate of drug-likeness (QED) is 0.871. The van der Waals surface area contributed by atoms with Gasteiger partial charge in [-0.15, -0.1) is 0 Å². The third-order valence-electron chi connectivity index (χ3n) is 6.80. The summed E-state index contributed by atoms with van der Waals surface area (Å²) in [6.45, 7) is 6.08. The first-order chi connectivity index (χ1) is 12.4. The largest absolute Gasteiger partial charge is 0.396 e. The minimum absolute atomic E-state index is 0.0686. The van der Waals surface area contributed by atoms with Gasteiger partial charge in [-0.1, -0.05) is 13.8 Å². The molecule has 0 aromatic carbocycles. The molecule has 2 aromatic heterocycles. The Morgan fingerprint density at radius 2 is 2.04 bits per heavy atom. The molecule has 2 aromatic rings. The van der Waals surface area contributed by atoms with Crippen molar-refractivity contribution in [3.63, 3.8) is 0 Å². The molecule has 0 bridgehead atoms. The Morgan fingerprint density at radius 3 is 2.69 bits per heavy atom. The minimum Gasteiger partial charge on any atom is -0.396 e. The van der Waals surface area contributed by atoms with Gasteiger partial charge in [0.2, 0.25) is 5.91 Å². The lowest BCUT2D eigenvalue weighted by molar-refractivity contribution is -0.131. The Kier molecular flexibility index (Phi) is 3.95. The van der Waals surface area contributed by atoms with E-state index in [1.807, 2.05) is 17.2 Å². The van der Waals surface area contributed by atoms with E-state index in [1.165, 1.54) is 0 Å². The summed E-state index contributed by atoms with van der Waals surface area (Å²) in [6, 6.07) is 2.41. The number of carbonyl (C=O) groups is 1. The van der Waals surface area contributed by atoms with Crippen molar-refractivity contribution in [3.05, 3.63) is 18.6 Å². The van der Waals surface area contributed by atoms with Crippen molar-refractivity contribution in [2.24, 2.45) is 10.8 Å². The van der Waals surface area contributed by atoms with Gasteiger partial charge in [0.1, 0.15) is 17.8 Å². The molecule has 1 saturated heterocycles. The van der Waals surface area contributed by atoms with Gasteiger partial charge in [-0.25, -0.2) is 9.97 Å². The lowest BCUT2D eigenvalue weighted by Gasteiger charge is -2.31. The first-order valence-electron chi connectivity index (χ1n) is 9.26. The molecule has 26 heavy (non-hydrogen) atoms. The number of fused-ring (bicyclic) bond motifs is 2. The number of nitrogens with one attached hydrogen (secondary N) is 1. The maximum absolute atomic E-state index is 12.2. The van der Waals surface area contributed by atoms with E-state index in [0.29, 0.717) is 6.04 Å². The van der Waals surface area contributed by atoms with Crippen LogP contribution in [0.3, 0.4) is 0 Å². The number of aromatic nitrogens is 3. The standard InChI is InChI=1S/C19H27N5O2/c1-18-8-13(9-19(18,2)11-24(10-18)15(26)5-7-25)23(3)17-14-4-6-20-16(14)21-12-22-17/h4,6,12-13,25H,5,7-11H2,1-3H3,(H,20,21,22)/t13-,18+,19-. The summed E-state index contributed by atoms with van der Waals surface area (Å²) in [5, 5.41) is 10.1. The summed E-state index contributed by atoms with van der Waals surface area (Å²) < 4.78 is 0. The predicted octanol–water partition coefficient (Wildman–Crippen LogP) is 1.79. The monoisotopic (exact) mass is 357 g/mol. The average Bonchev–Trinajstić information content (AvgIpc) is 3.23. The molecular formula is C19H27N5O2. The fraction of sp³-hybridized carbons (Fsp3) is 0.632. The Hall–Kier alpha value is -2.15. The van der Waals surface area contributed by atoms with E-state index in [-0.39, 0.29) is 29.8 Å². The Balaban J connectivity index is 1.56. The fourth-order valence-corrected chi connectivity index (χ4v) is 5.03. The first kappa shape index (κ1) is 17.3. The van der Waals surface area contributed by atoms with Crippen molar-refractivity contribution >= 4 is 22.8 Å². The smallest absolute Gasteiger partial charge is 0.224 e. The van der Waals surface area contributed by atoms with Crippen LogP contribution in [0.25, 0.3) is 11.0 Å². The molecule has 2 aliphatic rings. The lowest BCUT2D eigenvalue weighted by atomic mass is 9.71. The third-order valence-corrected chi connectivity index (χ3v) is 6.80. The van der Waals surface area contributed by atoms with Crippen LogP contribution >= 0.6 is 0 Å². The number of aliphatic hydroxyl groups excluding tert-OH is 1. The van der Waals surface area contributed by atoms with Gasteiger partial charge in [0, 0.05) is 38.8 Å². The topological polar surface area (TPSA) is 85.4 Å². The molecule has 3 heterocycles. The van der Waals surface area contributed by atoms with E-state index in [4.69, 9.17) is 5.11 Å². The summed E-state index contributed by atoms with van der Waals surface area (Å²) >= 11 is 0. The highest BCUT2D eigenvalue weighted by Crippen LogP contribution is 2.58. The van der Waals surface area contributed by atoms with Gasteiger partial charge in [0.05, 0.1) is 12.0 Å². The van der Waals surface area contributed by atoms with Crippen LogP contribution in [0.5, 0.6) is 0 Å². The zero-order valence-electron chi connectivity index (χ0n) is 15.7. The Morgan fingerprint density at radius 1 is 1.35 bits per heavy atom. The van der Waals surface area contributed by atoms with Crippen molar-refractivity contribution < 1.29 is 9.90 Å². The summed E-state index contributed by atoms with van der Waals surface area (Å²) in [4.78, 5) is 28.4. The first-order valence-corrected chi connectivity index (χ1v) is 9.26. The highest BCUT2D eigenvalue weighted by atomic mass is 16.3. The second-order valence-electron chi connectivity index (χ2n) is 8.45. The summed E-state index contributed by atoms with van der Waals surface area (Å²) in [7, 11) is 2.11. The maximum Gasteiger partial charge on any atom is 0.224 e. The van der Waals surface area contributed by atoms with Crippen LogP contribution in [-0.2, 0) is 4.79 Å². The zero-order valence-corrected chi connectivity index (χ0v) is 15.7. The van der Waals surface area contributed by atoms with Crippen LogP contribution < -0.4 is 4.90 Å². The molecule has 1 saturated carbocycles. The summed E-state index contributed by atoms with van der Waals surface area (Å²) in [5.41, 5.74) is 1.03. The number of hydrogen-bond acceptors (Lipinski definition) is 5. The molecule has 1 aliphatic heterocycles. The molecular weight excluding hydrogens is 330 g/mol. The van der Waals surface area contributed by atoms with Crippen LogP contribution in [-0.4, -0.2) is 63.7 Å². The van der Waals surface area contributed by atoms with E-state index in [0.717, 1.165) is 42.8 Å². The van der Waals surface area contributed by atoms with Crippen LogP contribution in [0.4, 0.5) is 5.82 Å². The number of rotatable bonds is 4. The van der Waals surface area contributed by atoms with Crippen LogP contribution in [0.15, 0.2) is 18.6 Å². The van der Waals surface area contributed by atoms with Gasteiger partial charge in [-0.3, -0.25) is 4.79 Å². The third kappa shape index (κ3) is 2.48. The SMILES string of the molecule is CN(c1ncnc2[nH]ccc12)[C@@H]1C[C@@]2(C)CN(C(=O)CCO)C[C@@]2(C)C1. The van der Waals surface area contributed by atoms with Crippen molar-refractivity contribution in [2.45, 2.75) is 39.2 Å². The van der Waals surface area contributed by atoms with E-state index >= 15 is 0 Å². The number of carbonyl (C=O) groups excluding carboxylic acids is 1. The summed E-state index contributed by atoms with van der Waals surface area (Å²) in [5.74, 6) is 1.03. The van der Waals surface area contributed by atoms with Gasteiger partial charge < -0.3 is 19.9 Å². The number of hydrogen-bond donors (Lipinski definition) is 2. The number of aliphatic hydroxyl groups is 1. The number of H-pyrrole nitrogens is 1. The van der Waals surface area contributed by atoms with E-state index in [2.05, 4.69) is 40.7 Å². The molecule has 7 heteroatoms. The van der Waals surface area contributed by atoms with Gasteiger partial charge in [-0.2, -0.15) is 0 Å². The van der Waals surface area contributed by atoms with Crippen LogP contribution in [0.1, 0.15) is 33.1 Å². The van der Waals surface area contributed by atoms with Gasteiger partial charge in [0.25, 0.3) is 0 Å². The van der Waals surface area contributed by atoms with Crippen LogP contribution in [0.2, 0.25) is 0 Å². The lowest BCUT2D eigenvalue weighted by Crippen LogP contribution is -2.36. The average molecular weight is 357 g/mol. The molecule has 0 unspecified atom stereocenters.